The Kier molecular flexibility index (Phi) is 3.21. The fourth-order valence-corrected chi connectivity index (χ4v) is 5.58. The highest BCUT2D eigenvalue weighted by Crippen LogP contribution is 2.42. The Morgan fingerprint density at radius 1 is 1.21 bits per heavy atom. The molecular weight excluding hydrogens is 270 g/mol. The van der Waals surface area contributed by atoms with Crippen molar-refractivity contribution in [2.45, 2.75) is 48.2 Å². The van der Waals surface area contributed by atoms with Crippen LogP contribution in [0.5, 0.6) is 0 Å². The Morgan fingerprint density at radius 3 is 2.26 bits per heavy atom. The maximum absolute atomic E-state index is 13.7. The first-order chi connectivity index (χ1) is 8.98. The molecule has 2 aliphatic rings. The molecule has 1 aromatic rings. The van der Waals surface area contributed by atoms with Crippen molar-refractivity contribution in [3.8, 4) is 0 Å². The molecule has 2 unspecified atom stereocenters. The first-order valence-electron chi connectivity index (χ1n) is 6.53. The fraction of sp³-hybridized carbons (Fsp3) is 0.571. The monoisotopic (exact) mass is 286 g/mol. The van der Waals surface area contributed by atoms with Crippen LogP contribution in [0.4, 0.5) is 8.78 Å². The van der Waals surface area contributed by atoms with Crippen LogP contribution in [0.1, 0.15) is 31.2 Å². The van der Waals surface area contributed by atoms with Gasteiger partial charge < -0.3 is 5.11 Å². The second-order valence-electron chi connectivity index (χ2n) is 5.66. The SMILES string of the molecule is O=S1C2CCC1CC(O)(Cc1c(F)cccc1F)C2. The van der Waals surface area contributed by atoms with Crippen LogP contribution in [-0.2, 0) is 17.2 Å². The molecule has 2 bridgehead atoms. The topological polar surface area (TPSA) is 37.3 Å². The summed E-state index contributed by atoms with van der Waals surface area (Å²) in [7, 11) is -0.881. The molecule has 1 N–H and O–H groups in total. The molecule has 0 aliphatic carbocycles. The Hall–Kier alpha value is -0.810. The van der Waals surface area contributed by atoms with Gasteiger partial charge in [0.25, 0.3) is 0 Å². The predicted octanol–water partition coefficient (Wildman–Crippen LogP) is 2.31. The van der Waals surface area contributed by atoms with Gasteiger partial charge in [-0.3, -0.25) is 4.21 Å². The average molecular weight is 286 g/mol. The Balaban J connectivity index is 1.85. The van der Waals surface area contributed by atoms with E-state index >= 15 is 0 Å². The molecule has 1 aromatic carbocycles. The van der Waals surface area contributed by atoms with Crippen LogP contribution in [0.25, 0.3) is 0 Å². The number of halogens is 2. The molecule has 2 fully saturated rings. The average Bonchev–Trinajstić information content (AvgIpc) is 2.59. The second-order valence-corrected chi connectivity index (χ2v) is 7.65. The lowest BCUT2D eigenvalue weighted by Gasteiger charge is -2.36. The molecule has 0 radical (unpaired) electrons. The summed E-state index contributed by atoms with van der Waals surface area (Å²) in [6.07, 6.45) is 2.42. The van der Waals surface area contributed by atoms with Gasteiger partial charge in [-0.2, -0.15) is 0 Å². The highest BCUT2D eigenvalue weighted by molar-refractivity contribution is 7.86. The number of hydrogen-bond donors (Lipinski definition) is 1. The summed E-state index contributed by atoms with van der Waals surface area (Å²) >= 11 is 0. The molecule has 5 heteroatoms. The molecule has 2 atom stereocenters. The van der Waals surface area contributed by atoms with E-state index in [1.165, 1.54) is 18.2 Å². The summed E-state index contributed by atoms with van der Waals surface area (Å²) in [4.78, 5) is 0. The maximum Gasteiger partial charge on any atom is 0.129 e. The molecule has 2 aliphatic heterocycles. The quantitative estimate of drug-likeness (QED) is 0.906. The summed E-state index contributed by atoms with van der Waals surface area (Å²) in [5, 5.41) is 10.6. The molecule has 3 rings (SSSR count). The summed E-state index contributed by atoms with van der Waals surface area (Å²) in [5.41, 5.74) is -1.18. The lowest BCUT2D eigenvalue weighted by atomic mass is 9.86. The van der Waals surface area contributed by atoms with Crippen molar-refractivity contribution in [1.82, 2.24) is 0 Å². The van der Waals surface area contributed by atoms with Gasteiger partial charge in [0.2, 0.25) is 0 Å². The van der Waals surface area contributed by atoms with Gasteiger partial charge in [0.1, 0.15) is 11.6 Å². The lowest BCUT2D eigenvalue weighted by molar-refractivity contribution is 0.0214. The zero-order valence-corrected chi connectivity index (χ0v) is 11.3. The molecule has 2 saturated heterocycles. The number of benzene rings is 1. The number of aliphatic hydroxyl groups is 1. The molecule has 0 saturated carbocycles. The zero-order valence-electron chi connectivity index (χ0n) is 10.4. The third kappa shape index (κ3) is 2.34. The van der Waals surface area contributed by atoms with Gasteiger partial charge >= 0.3 is 0 Å². The number of fused-ring (bicyclic) bond motifs is 2. The van der Waals surface area contributed by atoms with Crippen molar-refractivity contribution in [3.05, 3.63) is 35.4 Å². The minimum atomic E-state index is -1.12. The predicted molar refractivity (Wildman–Crippen MR) is 69.2 cm³/mol. The van der Waals surface area contributed by atoms with Crippen LogP contribution < -0.4 is 0 Å². The van der Waals surface area contributed by atoms with Crippen molar-refractivity contribution in [2.75, 3.05) is 0 Å². The van der Waals surface area contributed by atoms with Crippen molar-refractivity contribution >= 4 is 10.8 Å². The van der Waals surface area contributed by atoms with Crippen molar-refractivity contribution in [1.29, 1.82) is 0 Å². The minimum Gasteiger partial charge on any atom is -0.389 e. The molecule has 0 spiro atoms. The third-order valence-electron chi connectivity index (χ3n) is 4.25. The van der Waals surface area contributed by atoms with E-state index in [9.17, 15) is 18.1 Å². The van der Waals surface area contributed by atoms with Gasteiger partial charge in [0, 0.05) is 33.3 Å². The van der Waals surface area contributed by atoms with Crippen molar-refractivity contribution in [2.24, 2.45) is 0 Å². The maximum atomic E-state index is 13.7. The van der Waals surface area contributed by atoms with Gasteiger partial charge in [-0.25, -0.2) is 8.78 Å². The van der Waals surface area contributed by atoms with E-state index in [-0.39, 0.29) is 22.5 Å². The third-order valence-corrected chi connectivity index (χ3v) is 6.37. The van der Waals surface area contributed by atoms with E-state index in [1.807, 2.05) is 0 Å². The molecule has 0 amide bonds. The van der Waals surface area contributed by atoms with Gasteiger partial charge in [-0.05, 0) is 37.8 Å². The summed E-state index contributed by atoms with van der Waals surface area (Å²) < 4.78 is 39.2. The second kappa shape index (κ2) is 4.63. The van der Waals surface area contributed by atoms with Crippen LogP contribution in [0.2, 0.25) is 0 Å². The van der Waals surface area contributed by atoms with Crippen LogP contribution in [0.3, 0.4) is 0 Å². The van der Waals surface area contributed by atoms with Crippen molar-refractivity contribution < 1.29 is 18.1 Å². The summed E-state index contributed by atoms with van der Waals surface area (Å²) in [5.74, 6) is -1.24. The molecular formula is C14H16F2O2S. The standard InChI is InChI=1S/C14H16F2O2S/c15-12-2-1-3-13(16)11(12)8-14(17)6-9-4-5-10(7-14)19(9)18/h1-3,9-10,17H,4-8H2. The zero-order chi connectivity index (χ0) is 13.6. The number of rotatable bonds is 2. The lowest BCUT2D eigenvalue weighted by Crippen LogP contribution is -2.44. The summed E-state index contributed by atoms with van der Waals surface area (Å²) in [6, 6.07) is 3.73. The van der Waals surface area contributed by atoms with E-state index in [4.69, 9.17) is 0 Å². The van der Waals surface area contributed by atoms with Gasteiger partial charge in [-0.1, -0.05) is 6.07 Å². The van der Waals surface area contributed by atoms with E-state index in [2.05, 4.69) is 0 Å². The largest absolute Gasteiger partial charge is 0.389 e. The van der Waals surface area contributed by atoms with Crippen LogP contribution in [0.15, 0.2) is 18.2 Å². The fourth-order valence-electron chi connectivity index (χ4n) is 3.35. The minimum absolute atomic E-state index is 0.0152. The summed E-state index contributed by atoms with van der Waals surface area (Å²) in [6.45, 7) is 0. The van der Waals surface area contributed by atoms with E-state index in [0.717, 1.165) is 12.8 Å². The van der Waals surface area contributed by atoms with Gasteiger partial charge in [0.05, 0.1) is 5.60 Å². The first kappa shape index (κ1) is 13.2. The Labute approximate surface area is 113 Å². The highest BCUT2D eigenvalue weighted by Gasteiger charge is 2.47. The van der Waals surface area contributed by atoms with Crippen LogP contribution in [-0.4, -0.2) is 25.4 Å². The van der Waals surface area contributed by atoms with Crippen LogP contribution in [0, 0.1) is 11.6 Å². The number of hydrogen-bond acceptors (Lipinski definition) is 2. The smallest absolute Gasteiger partial charge is 0.129 e. The molecule has 104 valence electrons. The molecule has 2 heterocycles. The molecule has 0 aromatic heterocycles. The van der Waals surface area contributed by atoms with E-state index < -0.39 is 28.0 Å². The molecule has 19 heavy (non-hydrogen) atoms. The normalized spacial score (nSPS) is 37.5. The van der Waals surface area contributed by atoms with E-state index in [1.54, 1.807) is 0 Å². The Morgan fingerprint density at radius 2 is 1.74 bits per heavy atom. The highest BCUT2D eigenvalue weighted by atomic mass is 32.2. The Bertz CT molecular complexity index is 496. The van der Waals surface area contributed by atoms with Gasteiger partial charge in [-0.15, -0.1) is 0 Å². The van der Waals surface area contributed by atoms with Crippen LogP contribution >= 0.6 is 0 Å². The first-order valence-corrected chi connectivity index (χ1v) is 7.81. The molecule has 2 nitrogen and oxygen atoms in total. The van der Waals surface area contributed by atoms with Gasteiger partial charge in [0.15, 0.2) is 0 Å². The van der Waals surface area contributed by atoms with E-state index in [0.29, 0.717) is 12.8 Å². The van der Waals surface area contributed by atoms with Crippen molar-refractivity contribution in [3.63, 3.8) is 0 Å².